The van der Waals surface area contributed by atoms with Gasteiger partial charge in [-0.25, -0.2) is 9.97 Å². The molecule has 1 aromatic heterocycles. The molecule has 1 fully saturated rings. The summed E-state index contributed by atoms with van der Waals surface area (Å²) < 4.78 is -0.247. The predicted molar refractivity (Wildman–Crippen MR) is 129 cm³/mol. The third kappa shape index (κ3) is 5.51. The van der Waals surface area contributed by atoms with Gasteiger partial charge in [0.25, 0.3) is 5.91 Å². The summed E-state index contributed by atoms with van der Waals surface area (Å²) in [5, 5.41) is 25.7. The number of nitrogen functional groups attached to an aromatic ring is 1. The second-order valence-corrected chi connectivity index (χ2v) is 8.45. The van der Waals surface area contributed by atoms with Gasteiger partial charge in [0, 0.05) is 59.4 Å². The lowest BCUT2D eigenvalue weighted by Crippen LogP contribution is -2.50. The monoisotopic (exact) mass is 445 g/mol. The van der Waals surface area contributed by atoms with Crippen molar-refractivity contribution >= 4 is 29.3 Å². The first kappa shape index (κ1) is 22.4. The number of nitrogens with zero attached hydrogens (tertiary/aromatic N) is 3. The van der Waals surface area contributed by atoms with E-state index < -0.39 is 0 Å². The predicted octanol–water partition coefficient (Wildman–Crippen LogP) is 3.30. The maximum atomic E-state index is 12.8. The molecule has 0 saturated carbocycles. The topological polar surface area (TPSA) is 140 Å². The fraction of sp³-hybridized carbons (Fsp3) is 0.250. The summed E-state index contributed by atoms with van der Waals surface area (Å²) in [6, 6.07) is 14.2. The Balaban J connectivity index is 1.48. The summed E-state index contributed by atoms with van der Waals surface area (Å²) in [5.41, 5.74) is 8.99. The summed E-state index contributed by atoms with van der Waals surface area (Å²) in [5.74, 6) is 0.894. The van der Waals surface area contributed by atoms with Crippen LogP contribution in [0.3, 0.4) is 0 Å². The van der Waals surface area contributed by atoms with Crippen molar-refractivity contribution in [3.8, 4) is 11.4 Å². The highest BCUT2D eigenvalue weighted by Crippen LogP contribution is 2.23. The molecule has 0 bridgehead atoms. The van der Waals surface area contributed by atoms with Gasteiger partial charge in [0.15, 0.2) is 5.82 Å². The van der Waals surface area contributed by atoms with Gasteiger partial charge in [-0.3, -0.25) is 4.79 Å². The van der Waals surface area contributed by atoms with Gasteiger partial charge in [-0.2, -0.15) is 0 Å². The molecule has 4 rings (SSSR count). The van der Waals surface area contributed by atoms with Crippen LogP contribution in [0.5, 0.6) is 0 Å². The van der Waals surface area contributed by atoms with Crippen LogP contribution < -0.4 is 16.4 Å². The molecule has 1 saturated heterocycles. The average molecular weight is 446 g/mol. The molecule has 2 heterocycles. The number of benzene rings is 2. The largest absolute Gasteiger partial charge is 0.633 e. The number of hydrogen-bond acceptors (Lipinski definition) is 7. The number of likely N-dealkylation sites (tertiary alicyclic amines) is 1. The van der Waals surface area contributed by atoms with Crippen LogP contribution in [0.25, 0.3) is 11.4 Å². The first-order valence-corrected chi connectivity index (χ1v) is 10.8. The van der Waals surface area contributed by atoms with Crippen molar-refractivity contribution in [2.75, 3.05) is 31.2 Å². The Morgan fingerprint density at radius 1 is 1.21 bits per heavy atom. The summed E-state index contributed by atoms with van der Waals surface area (Å²) in [6.07, 6.45) is 4.20. The SMILES string of the molecule is C[N+]1([O-])CCC(NC(=O)c2cccc(-c3nccc(Nc4ccc(N)c(C=N)c4)n3)c2)CC1. The molecule has 5 N–H and O–H groups in total. The van der Waals surface area contributed by atoms with E-state index >= 15 is 0 Å². The molecule has 0 atom stereocenters. The normalized spacial score (nSPS) is 20.1. The van der Waals surface area contributed by atoms with E-state index in [1.807, 2.05) is 12.1 Å². The van der Waals surface area contributed by atoms with Crippen LogP contribution in [0.15, 0.2) is 54.7 Å². The molecule has 2 aromatic carbocycles. The average Bonchev–Trinajstić information content (AvgIpc) is 2.82. The summed E-state index contributed by atoms with van der Waals surface area (Å²) in [4.78, 5) is 21.7. The van der Waals surface area contributed by atoms with E-state index in [-0.39, 0.29) is 16.6 Å². The van der Waals surface area contributed by atoms with Crippen molar-refractivity contribution in [2.24, 2.45) is 0 Å². The second-order valence-electron chi connectivity index (χ2n) is 8.45. The number of amides is 1. The van der Waals surface area contributed by atoms with E-state index in [9.17, 15) is 10.0 Å². The fourth-order valence-corrected chi connectivity index (χ4v) is 3.82. The number of carbonyl (C=O) groups is 1. The standard InChI is InChI=1S/C24H27N7O2/c1-31(33)11-8-19(9-12-31)29-24(32)17-4-2-3-16(13-17)23-27-10-7-22(30-23)28-20-5-6-21(26)18(14-20)15-25/h2-7,10,13-15,19,25H,8-9,11-12,26H2,1H3,(H,29,32)(H,27,28,30). The van der Waals surface area contributed by atoms with Crippen molar-refractivity contribution in [1.29, 1.82) is 5.41 Å². The minimum absolute atomic E-state index is 0.0100. The van der Waals surface area contributed by atoms with E-state index in [0.29, 0.717) is 54.4 Å². The van der Waals surface area contributed by atoms with Gasteiger partial charge in [0.2, 0.25) is 0 Å². The lowest BCUT2D eigenvalue weighted by Gasteiger charge is -2.44. The van der Waals surface area contributed by atoms with E-state index in [0.717, 1.165) is 11.3 Å². The Hall–Kier alpha value is -3.82. The van der Waals surface area contributed by atoms with Crippen molar-refractivity contribution in [1.82, 2.24) is 15.3 Å². The summed E-state index contributed by atoms with van der Waals surface area (Å²) in [6.45, 7) is 1.02. The van der Waals surface area contributed by atoms with Crippen LogP contribution >= 0.6 is 0 Å². The minimum Gasteiger partial charge on any atom is -0.633 e. The molecule has 9 heteroatoms. The molecule has 0 aliphatic carbocycles. The van der Waals surface area contributed by atoms with E-state index in [1.54, 1.807) is 49.6 Å². The number of aromatic nitrogens is 2. The number of anilines is 3. The molecular weight excluding hydrogens is 418 g/mol. The lowest BCUT2D eigenvalue weighted by molar-refractivity contribution is -0.866. The Morgan fingerprint density at radius 2 is 2.00 bits per heavy atom. The van der Waals surface area contributed by atoms with Gasteiger partial charge in [0.1, 0.15) is 5.82 Å². The molecule has 0 spiro atoms. The third-order valence-electron chi connectivity index (χ3n) is 5.79. The molecule has 1 aliphatic heterocycles. The first-order chi connectivity index (χ1) is 15.8. The minimum atomic E-state index is -0.247. The highest BCUT2D eigenvalue weighted by Gasteiger charge is 2.25. The molecule has 170 valence electrons. The Morgan fingerprint density at radius 3 is 2.76 bits per heavy atom. The van der Waals surface area contributed by atoms with E-state index in [1.165, 1.54) is 6.21 Å². The zero-order valence-electron chi connectivity index (χ0n) is 18.4. The molecule has 0 radical (unpaired) electrons. The van der Waals surface area contributed by atoms with Crippen LogP contribution in [-0.2, 0) is 0 Å². The van der Waals surface area contributed by atoms with Gasteiger partial charge >= 0.3 is 0 Å². The number of nitrogens with one attached hydrogen (secondary N) is 3. The number of nitrogens with two attached hydrogens (primary N) is 1. The first-order valence-electron chi connectivity index (χ1n) is 10.8. The maximum Gasteiger partial charge on any atom is 0.251 e. The van der Waals surface area contributed by atoms with Crippen LogP contribution in [0, 0.1) is 10.6 Å². The third-order valence-corrected chi connectivity index (χ3v) is 5.79. The van der Waals surface area contributed by atoms with Crippen LogP contribution in [0.2, 0.25) is 0 Å². The van der Waals surface area contributed by atoms with Gasteiger partial charge in [-0.15, -0.1) is 0 Å². The highest BCUT2D eigenvalue weighted by molar-refractivity contribution is 5.95. The van der Waals surface area contributed by atoms with Gasteiger partial charge in [0.05, 0.1) is 20.1 Å². The van der Waals surface area contributed by atoms with Crippen LogP contribution in [-0.4, -0.2) is 52.9 Å². The fourth-order valence-electron chi connectivity index (χ4n) is 3.82. The van der Waals surface area contributed by atoms with E-state index in [4.69, 9.17) is 11.1 Å². The van der Waals surface area contributed by atoms with Gasteiger partial charge < -0.3 is 31.6 Å². The zero-order chi connectivity index (χ0) is 23.4. The number of hydroxylamine groups is 3. The Kier molecular flexibility index (Phi) is 6.34. The zero-order valence-corrected chi connectivity index (χ0v) is 18.4. The maximum absolute atomic E-state index is 12.8. The van der Waals surface area contributed by atoms with Crippen molar-refractivity contribution in [3.05, 3.63) is 71.1 Å². The molecular formula is C24H27N7O2. The Labute approximate surface area is 192 Å². The molecule has 1 amide bonds. The number of rotatable bonds is 6. The van der Waals surface area contributed by atoms with Crippen LogP contribution in [0.4, 0.5) is 17.2 Å². The molecule has 9 nitrogen and oxygen atoms in total. The number of hydrogen-bond donors (Lipinski definition) is 4. The highest BCUT2D eigenvalue weighted by atomic mass is 16.5. The lowest BCUT2D eigenvalue weighted by atomic mass is 10.0. The molecule has 1 aliphatic rings. The van der Waals surface area contributed by atoms with Crippen molar-refractivity contribution in [3.63, 3.8) is 0 Å². The van der Waals surface area contributed by atoms with E-state index in [2.05, 4.69) is 20.6 Å². The Bertz CT molecular complexity index is 1170. The smallest absolute Gasteiger partial charge is 0.251 e. The van der Waals surface area contributed by atoms with Gasteiger partial charge in [-0.1, -0.05) is 12.1 Å². The molecule has 3 aromatic rings. The second kappa shape index (κ2) is 9.35. The van der Waals surface area contributed by atoms with Crippen molar-refractivity contribution in [2.45, 2.75) is 18.9 Å². The molecule has 0 unspecified atom stereocenters. The van der Waals surface area contributed by atoms with Gasteiger partial charge in [-0.05, 0) is 36.4 Å². The molecule has 33 heavy (non-hydrogen) atoms. The quantitative estimate of drug-likeness (QED) is 0.199. The number of quaternary nitrogens is 1. The summed E-state index contributed by atoms with van der Waals surface area (Å²) in [7, 11) is 1.67. The van der Waals surface area contributed by atoms with Crippen molar-refractivity contribution < 1.29 is 9.44 Å². The number of carbonyl (C=O) groups excluding carboxylic acids is 1. The number of piperidine rings is 1. The van der Waals surface area contributed by atoms with Crippen LogP contribution in [0.1, 0.15) is 28.8 Å². The summed E-state index contributed by atoms with van der Waals surface area (Å²) >= 11 is 0.